The number of hydrogen-bond donors (Lipinski definition) is 1. The third-order valence-corrected chi connectivity index (χ3v) is 5.49. The summed E-state index contributed by atoms with van der Waals surface area (Å²) >= 11 is 0. The van der Waals surface area contributed by atoms with Crippen LogP contribution in [-0.2, 0) is 24.2 Å². The monoisotopic (exact) mass is 422 g/mol. The Kier molecular flexibility index (Phi) is 6.77. The number of nitrogens with zero attached hydrogens (tertiary/aromatic N) is 1. The van der Waals surface area contributed by atoms with Crippen molar-refractivity contribution in [2.24, 2.45) is 0 Å². The van der Waals surface area contributed by atoms with Crippen molar-refractivity contribution in [1.82, 2.24) is 10.2 Å². The van der Waals surface area contributed by atoms with Crippen molar-refractivity contribution in [2.75, 3.05) is 33.9 Å². The van der Waals surface area contributed by atoms with E-state index in [2.05, 4.69) is 10.2 Å². The predicted octanol–water partition coefficient (Wildman–Crippen LogP) is 3.95. The molecule has 1 amide bonds. The zero-order chi connectivity index (χ0) is 21.6. The maximum absolute atomic E-state index is 12.3. The Hall–Kier alpha value is -2.99. The maximum atomic E-state index is 12.3. The van der Waals surface area contributed by atoms with Gasteiger partial charge in [-0.25, -0.2) is 0 Å². The molecular weight excluding hydrogens is 392 g/mol. The number of likely N-dealkylation sites (N-methyl/N-ethyl adjacent to an activating group) is 1. The largest absolute Gasteiger partial charge is 0.492 e. The number of benzene rings is 2. The summed E-state index contributed by atoms with van der Waals surface area (Å²) in [6, 6.07) is 13.6. The molecule has 164 valence electrons. The molecule has 4 rings (SSSR count). The fourth-order valence-corrected chi connectivity index (χ4v) is 3.82. The van der Waals surface area contributed by atoms with E-state index in [-0.39, 0.29) is 12.5 Å². The Morgan fingerprint density at radius 2 is 1.90 bits per heavy atom. The molecule has 0 saturated heterocycles. The molecule has 0 saturated carbocycles. The second kappa shape index (κ2) is 9.88. The standard InChI is InChI=1S/C25H30N2O4/c1-27(2)12-13-29-19-7-5-6-18(14-19)16-26-25(28)17-30-20-10-11-24-22(15-20)21-8-3-4-9-23(21)31-24/h5-7,10-11,14-15H,3-4,8-9,12-13,16-17H2,1-2H3,(H,26,28). The number of aryl methyl sites for hydroxylation is 2. The minimum atomic E-state index is -0.159. The number of hydrogen-bond acceptors (Lipinski definition) is 5. The first kappa shape index (κ1) is 21.2. The van der Waals surface area contributed by atoms with Gasteiger partial charge in [0.15, 0.2) is 6.61 Å². The summed E-state index contributed by atoms with van der Waals surface area (Å²) in [7, 11) is 4.02. The normalized spacial score (nSPS) is 13.3. The Bertz CT molecular complexity index is 1040. The highest BCUT2D eigenvalue weighted by Crippen LogP contribution is 2.33. The molecule has 2 aromatic carbocycles. The van der Waals surface area contributed by atoms with Gasteiger partial charge in [0.25, 0.3) is 5.91 Å². The number of nitrogens with one attached hydrogen (secondary N) is 1. The molecule has 0 fully saturated rings. The summed E-state index contributed by atoms with van der Waals surface area (Å²) in [6.07, 6.45) is 4.42. The Morgan fingerprint density at radius 3 is 2.77 bits per heavy atom. The molecule has 1 aliphatic rings. The average molecular weight is 423 g/mol. The van der Waals surface area contributed by atoms with Crippen LogP contribution in [0.2, 0.25) is 0 Å². The van der Waals surface area contributed by atoms with Crippen molar-refractivity contribution in [3.8, 4) is 11.5 Å². The number of ether oxygens (including phenoxy) is 2. The van der Waals surface area contributed by atoms with Crippen LogP contribution in [0.25, 0.3) is 11.0 Å². The van der Waals surface area contributed by atoms with Gasteiger partial charge >= 0.3 is 0 Å². The number of rotatable bonds is 9. The molecule has 0 bridgehead atoms. The molecule has 0 spiro atoms. The highest BCUT2D eigenvalue weighted by Gasteiger charge is 2.18. The fourth-order valence-electron chi connectivity index (χ4n) is 3.82. The highest BCUT2D eigenvalue weighted by atomic mass is 16.5. The van der Waals surface area contributed by atoms with Crippen LogP contribution in [0.15, 0.2) is 46.9 Å². The summed E-state index contributed by atoms with van der Waals surface area (Å²) in [5, 5.41) is 4.02. The number of carbonyl (C=O) groups excluding carboxylic acids is 1. The molecule has 0 atom stereocenters. The van der Waals surface area contributed by atoms with Crippen LogP contribution < -0.4 is 14.8 Å². The predicted molar refractivity (Wildman–Crippen MR) is 121 cm³/mol. The van der Waals surface area contributed by atoms with E-state index >= 15 is 0 Å². The zero-order valence-corrected chi connectivity index (χ0v) is 18.3. The van der Waals surface area contributed by atoms with Gasteiger partial charge in [-0.2, -0.15) is 0 Å². The van der Waals surface area contributed by atoms with E-state index in [1.165, 1.54) is 18.4 Å². The lowest BCUT2D eigenvalue weighted by Crippen LogP contribution is -2.28. The molecule has 0 unspecified atom stereocenters. The van der Waals surface area contributed by atoms with Gasteiger partial charge in [0.05, 0.1) is 0 Å². The molecule has 1 N–H and O–H groups in total. The van der Waals surface area contributed by atoms with Crippen molar-refractivity contribution >= 4 is 16.9 Å². The van der Waals surface area contributed by atoms with Crippen LogP contribution in [0.1, 0.15) is 29.7 Å². The number of carbonyl (C=O) groups is 1. The lowest BCUT2D eigenvalue weighted by molar-refractivity contribution is -0.123. The lowest BCUT2D eigenvalue weighted by atomic mass is 9.96. The quantitative estimate of drug-likeness (QED) is 0.566. The van der Waals surface area contributed by atoms with E-state index in [1.807, 2.05) is 56.6 Å². The van der Waals surface area contributed by atoms with E-state index < -0.39 is 0 Å². The first-order valence-electron chi connectivity index (χ1n) is 10.9. The Balaban J connectivity index is 1.28. The highest BCUT2D eigenvalue weighted by molar-refractivity contribution is 5.84. The fraction of sp³-hybridized carbons (Fsp3) is 0.400. The van der Waals surface area contributed by atoms with E-state index in [0.29, 0.717) is 18.9 Å². The molecule has 1 aliphatic carbocycles. The smallest absolute Gasteiger partial charge is 0.258 e. The Labute approximate surface area is 183 Å². The van der Waals surface area contributed by atoms with Crippen LogP contribution in [0.3, 0.4) is 0 Å². The minimum absolute atomic E-state index is 0.0232. The molecule has 6 nitrogen and oxygen atoms in total. The van der Waals surface area contributed by atoms with Gasteiger partial charge in [-0.15, -0.1) is 0 Å². The summed E-state index contributed by atoms with van der Waals surface area (Å²) in [5.74, 6) is 2.44. The van der Waals surface area contributed by atoms with Gasteiger partial charge in [-0.1, -0.05) is 12.1 Å². The van der Waals surface area contributed by atoms with Gasteiger partial charge in [0.1, 0.15) is 29.4 Å². The lowest BCUT2D eigenvalue weighted by Gasteiger charge is -2.12. The van der Waals surface area contributed by atoms with E-state index in [1.54, 1.807) is 0 Å². The van der Waals surface area contributed by atoms with Crippen molar-refractivity contribution in [2.45, 2.75) is 32.2 Å². The minimum Gasteiger partial charge on any atom is -0.492 e. The Morgan fingerprint density at radius 1 is 1.06 bits per heavy atom. The first-order chi connectivity index (χ1) is 15.1. The van der Waals surface area contributed by atoms with E-state index in [0.717, 1.165) is 47.4 Å². The van der Waals surface area contributed by atoms with Crippen molar-refractivity contribution in [1.29, 1.82) is 0 Å². The maximum Gasteiger partial charge on any atom is 0.258 e. The van der Waals surface area contributed by atoms with Gasteiger partial charge < -0.3 is 24.1 Å². The topological polar surface area (TPSA) is 63.9 Å². The van der Waals surface area contributed by atoms with Gasteiger partial charge in [0.2, 0.25) is 0 Å². The zero-order valence-electron chi connectivity index (χ0n) is 18.3. The van der Waals surface area contributed by atoms with Crippen LogP contribution in [0, 0.1) is 0 Å². The van der Waals surface area contributed by atoms with Crippen LogP contribution in [0.4, 0.5) is 0 Å². The molecule has 6 heteroatoms. The molecule has 3 aromatic rings. The molecule has 1 aromatic heterocycles. The van der Waals surface area contributed by atoms with E-state index in [9.17, 15) is 4.79 Å². The summed E-state index contributed by atoms with van der Waals surface area (Å²) in [5.41, 5.74) is 3.18. The number of furan rings is 1. The SMILES string of the molecule is CN(C)CCOc1cccc(CNC(=O)COc2ccc3oc4c(c3c2)CCCC4)c1. The van der Waals surface area contributed by atoms with E-state index in [4.69, 9.17) is 13.9 Å². The van der Waals surface area contributed by atoms with Gasteiger partial charge in [-0.3, -0.25) is 4.79 Å². The average Bonchev–Trinajstić information content (AvgIpc) is 3.14. The van der Waals surface area contributed by atoms with Crippen molar-refractivity contribution < 1.29 is 18.7 Å². The summed E-state index contributed by atoms with van der Waals surface area (Å²) in [4.78, 5) is 14.3. The molecular formula is C25H30N2O4. The summed E-state index contributed by atoms with van der Waals surface area (Å²) < 4.78 is 17.4. The summed E-state index contributed by atoms with van der Waals surface area (Å²) in [6.45, 7) is 1.89. The number of amides is 1. The van der Waals surface area contributed by atoms with Gasteiger partial charge in [-0.05, 0) is 69.3 Å². The third kappa shape index (κ3) is 5.58. The number of fused-ring (bicyclic) bond motifs is 3. The molecule has 0 aliphatic heterocycles. The van der Waals surface area contributed by atoms with Crippen molar-refractivity contribution in [3.63, 3.8) is 0 Å². The molecule has 31 heavy (non-hydrogen) atoms. The second-order valence-corrected chi connectivity index (χ2v) is 8.23. The third-order valence-electron chi connectivity index (χ3n) is 5.49. The van der Waals surface area contributed by atoms with Crippen LogP contribution in [0.5, 0.6) is 11.5 Å². The molecule has 1 heterocycles. The first-order valence-corrected chi connectivity index (χ1v) is 10.9. The molecule has 0 radical (unpaired) electrons. The van der Waals surface area contributed by atoms with Gasteiger partial charge in [0, 0.05) is 30.5 Å². The van der Waals surface area contributed by atoms with Crippen LogP contribution >= 0.6 is 0 Å². The second-order valence-electron chi connectivity index (χ2n) is 8.23. The van der Waals surface area contributed by atoms with Crippen LogP contribution in [-0.4, -0.2) is 44.7 Å². The van der Waals surface area contributed by atoms with Crippen molar-refractivity contribution in [3.05, 3.63) is 59.4 Å².